The van der Waals surface area contributed by atoms with Crippen molar-refractivity contribution in [2.75, 3.05) is 6.61 Å². The van der Waals surface area contributed by atoms with E-state index in [1.165, 1.54) is 6.21 Å². The van der Waals surface area contributed by atoms with Crippen LogP contribution in [-0.2, 0) is 0 Å². The Labute approximate surface area is 180 Å². The molecule has 0 atom stereocenters. The number of hydrogen-bond acceptors (Lipinski definition) is 4. The molecule has 1 amide bonds. The van der Waals surface area contributed by atoms with E-state index >= 15 is 0 Å². The van der Waals surface area contributed by atoms with Gasteiger partial charge in [0.1, 0.15) is 17.9 Å². The number of carbonyl (C=O) groups is 1. The SMILES string of the molecule is C=CCOc1ccc(/C=N\NC(=O)c2cc3cc(Br)cc(Br)c3o2)cc1Br. The van der Waals surface area contributed by atoms with E-state index in [1.807, 2.05) is 30.3 Å². The van der Waals surface area contributed by atoms with Crippen LogP contribution in [0, 0.1) is 0 Å². The number of ether oxygens (including phenoxy) is 1. The van der Waals surface area contributed by atoms with Crippen LogP contribution in [0.3, 0.4) is 0 Å². The van der Waals surface area contributed by atoms with Crippen molar-refractivity contribution in [3.8, 4) is 5.75 Å². The number of hydrogen-bond donors (Lipinski definition) is 1. The van der Waals surface area contributed by atoms with Gasteiger partial charge in [-0.2, -0.15) is 5.10 Å². The molecule has 8 heteroatoms. The summed E-state index contributed by atoms with van der Waals surface area (Å²) in [5.74, 6) is 0.445. The Balaban J connectivity index is 1.69. The normalized spacial score (nSPS) is 11.1. The summed E-state index contributed by atoms with van der Waals surface area (Å²) in [6.07, 6.45) is 3.21. The number of nitrogens with zero attached hydrogens (tertiary/aromatic N) is 1. The highest BCUT2D eigenvalue weighted by molar-refractivity contribution is 9.11. The van der Waals surface area contributed by atoms with Crippen LogP contribution in [0.15, 0.2) is 72.0 Å². The third kappa shape index (κ3) is 4.88. The molecule has 0 unspecified atom stereocenters. The quantitative estimate of drug-likeness (QED) is 0.228. The summed E-state index contributed by atoms with van der Waals surface area (Å²) >= 11 is 10.3. The van der Waals surface area contributed by atoms with Crippen molar-refractivity contribution in [2.24, 2.45) is 5.10 Å². The van der Waals surface area contributed by atoms with Crippen molar-refractivity contribution in [1.82, 2.24) is 5.43 Å². The summed E-state index contributed by atoms with van der Waals surface area (Å²) in [5, 5.41) is 4.79. The van der Waals surface area contributed by atoms with E-state index in [0.717, 1.165) is 24.4 Å². The maximum absolute atomic E-state index is 12.3. The molecule has 0 aliphatic heterocycles. The molecule has 0 aliphatic carbocycles. The van der Waals surface area contributed by atoms with E-state index in [-0.39, 0.29) is 5.76 Å². The maximum Gasteiger partial charge on any atom is 0.307 e. The molecule has 0 aliphatic rings. The van der Waals surface area contributed by atoms with Gasteiger partial charge in [0.25, 0.3) is 0 Å². The molecule has 0 fully saturated rings. The Morgan fingerprint density at radius 1 is 1.19 bits per heavy atom. The highest BCUT2D eigenvalue weighted by atomic mass is 79.9. The predicted molar refractivity (Wildman–Crippen MR) is 117 cm³/mol. The van der Waals surface area contributed by atoms with Crippen LogP contribution in [0.2, 0.25) is 0 Å². The van der Waals surface area contributed by atoms with E-state index < -0.39 is 5.91 Å². The van der Waals surface area contributed by atoms with Crippen LogP contribution in [0.1, 0.15) is 16.1 Å². The van der Waals surface area contributed by atoms with Crippen molar-refractivity contribution < 1.29 is 13.9 Å². The van der Waals surface area contributed by atoms with E-state index in [2.05, 4.69) is 64.9 Å². The second-order valence-corrected chi connectivity index (χ2v) is 8.03. The van der Waals surface area contributed by atoms with Crippen molar-refractivity contribution in [2.45, 2.75) is 0 Å². The van der Waals surface area contributed by atoms with Gasteiger partial charge >= 0.3 is 5.91 Å². The first-order valence-electron chi connectivity index (χ1n) is 7.73. The number of furan rings is 1. The van der Waals surface area contributed by atoms with Crippen molar-refractivity contribution in [3.05, 3.63) is 73.8 Å². The lowest BCUT2D eigenvalue weighted by Crippen LogP contribution is -2.16. The minimum absolute atomic E-state index is 0.176. The van der Waals surface area contributed by atoms with Crippen LogP contribution >= 0.6 is 47.8 Å². The average molecular weight is 557 g/mol. The Morgan fingerprint density at radius 3 is 2.74 bits per heavy atom. The number of halogens is 3. The maximum atomic E-state index is 12.3. The van der Waals surface area contributed by atoms with E-state index in [4.69, 9.17) is 9.15 Å². The van der Waals surface area contributed by atoms with Gasteiger partial charge in [-0.1, -0.05) is 28.6 Å². The molecule has 0 saturated carbocycles. The minimum atomic E-state index is -0.435. The molecule has 0 radical (unpaired) electrons. The van der Waals surface area contributed by atoms with Crippen molar-refractivity contribution in [3.63, 3.8) is 0 Å². The first-order chi connectivity index (χ1) is 13.0. The number of hydrazone groups is 1. The molecule has 5 nitrogen and oxygen atoms in total. The third-order valence-corrected chi connectivity index (χ3v) is 5.12. The second kappa shape index (κ2) is 8.86. The van der Waals surface area contributed by atoms with Crippen LogP contribution in [0.4, 0.5) is 0 Å². The number of fused-ring (bicyclic) bond motifs is 1. The lowest BCUT2D eigenvalue weighted by molar-refractivity contribution is 0.0929. The fraction of sp³-hybridized carbons (Fsp3) is 0.0526. The van der Waals surface area contributed by atoms with Gasteiger partial charge in [-0.3, -0.25) is 4.79 Å². The summed E-state index contributed by atoms with van der Waals surface area (Å²) in [6, 6.07) is 10.9. The zero-order chi connectivity index (χ0) is 19.4. The highest BCUT2D eigenvalue weighted by Crippen LogP contribution is 2.31. The Morgan fingerprint density at radius 2 is 2.00 bits per heavy atom. The van der Waals surface area contributed by atoms with E-state index in [1.54, 1.807) is 12.1 Å². The third-order valence-electron chi connectivity index (χ3n) is 3.45. The zero-order valence-electron chi connectivity index (χ0n) is 13.8. The number of nitrogens with one attached hydrogen (secondary N) is 1. The molecule has 2 aromatic carbocycles. The number of benzene rings is 2. The molecule has 1 N–H and O–H groups in total. The minimum Gasteiger partial charge on any atom is -0.488 e. The molecule has 3 rings (SSSR count). The number of rotatable bonds is 6. The number of carbonyl (C=O) groups excluding carboxylic acids is 1. The molecular formula is C19H13Br3N2O3. The zero-order valence-corrected chi connectivity index (χ0v) is 18.6. The average Bonchev–Trinajstić information content (AvgIpc) is 3.05. The standard InChI is InChI=1S/C19H13Br3N2O3/c1-2-5-26-16-4-3-11(6-14(16)21)10-23-24-19(25)17-8-12-7-13(20)9-15(22)18(12)27-17/h2-4,6-10H,1,5H2,(H,24,25)/b23-10-. The lowest BCUT2D eigenvalue weighted by Gasteiger charge is -2.06. The smallest absolute Gasteiger partial charge is 0.307 e. The Bertz CT molecular complexity index is 1040. The van der Waals surface area contributed by atoms with Gasteiger partial charge in [0.2, 0.25) is 0 Å². The van der Waals surface area contributed by atoms with E-state index in [9.17, 15) is 4.79 Å². The monoisotopic (exact) mass is 554 g/mol. The van der Waals surface area contributed by atoms with Crippen molar-refractivity contribution in [1.29, 1.82) is 0 Å². The molecule has 1 aromatic heterocycles. The number of amides is 1. The molecule has 0 spiro atoms. The second-order valence-electron chi connectivity index (χ2n) is 5.41. The van der Waals surface area contributed by atoms with Crippen LogP contribution in [0.25, 0.3) is 11.0 Å². The van der Waals surface area contributed by atoms with E-state index in [0.29, 0.717) is 17.9 Å². The largest absolute Gasteiger partial charge is 0.488 e. The highest BCUT2D eigenvalue weighted by Gasteiger charge is 2.14. The molecule has 0 saturated heterocycles. The lowest BCUT2D eigenvalue weighted by atomic mass is 10.2. The fourth-order valence-corrected chi connectivity index (χ4v) is 4.12. The topological polar surface area (TPSA) is 63.8 Å². The fourth-order valence-electron chi connectivity index (χ4n) is 2.27. The van der Waals surface area contributed by atoms with Crippen LogP contribution < -0.4 is 10.2 Å². The molecule has 138 valence electrons. The van der Waals surface area contributed by atoms with Crippen LogP contribution in [-0.4, -0.2) is 18.7 Å². The summed E-state index contributed by atoms with van der Waals surface area (Å²) < 4.78 is 13.5. The molecule has 27 heavy (non-hydrogen) atoms. The van der Waals surface area contributed by atoms with Crippen LogP contribution in [0.5, 0.6) is 5.75 Å². The summed E-state index contributed by atoms with van der Waals surface area (Å²) in [6.45, 7) is 4.04. The van der Waals surface area contributed by atoms with Gasteiger partial charge in [-0.15, -0.1) is 0 Å². The van der Waals surface area contributed by atoms with Gasteiger partial charge in [-0.25, -0.2) is 5.43 Å². The molecule has 1 heterocycles. The van der Waals surface area contributed by atoms with Crippen molar-refractivity contribution >= 4 is 70.9 Å². The van der Waals surface area contributed by atoms with Gasteiger partial charge in [-0.05, 0) is 73.8 Å². The summed E-state index contributed by atoms with van der Waals surface area (Å²) in [5.41, 5.74) is 3.86. The molecular weight excluding hydrogens is 544 g/mol. The first kappa shape index (κ1) is 19.9. The Hall–Kier alpha value is -1.90. The first-order valence-corrected chi connectivity index (χ1v) is 10.1. The summed E-state index contributed by atoms with van der Waals surface area (Å²) in [7, 11) is 0. The van der Waals surface area contributed by atoms with Gasteiger partial charge in [0, 0.05) is 9.86 Å². The molecule has 0 bridgehead atoms. The summed E-state index contributed by atoms with van der Waals surface area (Å²) in [4.78, 5) is 12.3. The predicted octanol–water partition coefficient (Wildman–Crippen LogP) is 6.05. The van der Waals surface area contributed by atoms with Gasteiger partial charge in [0.05, 0.1) is 15.2 Å². The van der Waals surface area contributed by atoms with Gasteiger partial charge in [0.15, 0.2) is 5.76 Å². The Kier molecular flexibility index (Phi) is 6.51. The van der Waals surface area contributed by atoms with Gasteiger partial charge < -0.3 is 9.15 Å². The molecule has 3 aromatic rings.